The van der Waals surface area contributed by atoms with Crippen LogP contribution in [0.2, 0.25) is 0 Å². The van der Waals surface area contributed by atoms with Gasteiger partial charge in [-0.15, -0.1) is 12.4 Å². The zero-order valence-electron chi connectivity index (χ0n) is 12.7. The van der Waals surface area contributed by atoms with Crippen molar-refractivity contribution in [3.05, 3.63) is 11.7 Å². The SMILES string of the molecule is Cc1noc(CCCC(=O)N2CCCC(C)C2CN)n1.Cl. The molecule has 0 saturated carbocycles. The van der Waals surface area contributed by atoms with E-state index in [0.717, 1.165) is 25.8 Å². The van der Waals surface area contributed by atoms with Crippen LogP contribution in [-0.4, -0.2) is 40.1 Å². The Hall–Kier alpha value is -1.14. The Balaban J connectivity index is 0.00000220. The number of hydrogen-bond acceptors (Lipinski definition) is 5. The number of carbonyl (C=O) groups excluding carboxylic acids is 1. The summed E-state index contributed by atoms with van der Waals surface area (Å²) in [5, 5.41) is 3.74. The fraction of sp³-hybridized carbons (Fsp3) is 0.786. The van der Waals surface area contributed by atoms with E-state index in [0.29, 0.717) is 37.0 Å². The summed E-state index contributed by atoms with van der Waals surface area (Å²) in [6.45, 7) is 5.36. The summed E-state index contributed by atoms with van der Waals surface area (Å²) in [5.41, 5.74) is 5.82. The van der Waals surface area contributed by atoms with Crippen molar-refractivity contribution in [2.24, 2.45) is 11.7 Å². The second-order valence-electron chi connectivity index (χ2n) is 5.60. The average Bonchev–Trinajstić information content (AvgIpc) is 2.84. The summed E-state index contributed by atoms with van der Waals surface area (Å²) in [7, 11) is 0. The minimum Gasteiger partial charge on any atom is -0.339 e. The molecular weight excluding hydrogens is 292 g/mol. The standard InChI is InChI=1S/C14H24N4O2.ClH/c1-10-5-4-8-18(12(10)9-15)14(19)7-3-6-13-16-11(2)17-20-13;/h10,12H,3-9,15H2,1-2H3;1H. The molecule has 1 amide bonds. The first-order valence-electron chi connectivity index (χ1n) is 7.40. The van der Waals surface area contributed by atoms with Gasteiger partial charge in [0.05, 0.1) is 0 Å². The average molecular weight is 317 g/mol. The first kappa shape index (κ1) is 17.9. The molecule has 0 aliphatic carbocycles. The van der Waals surface area contributed by atoms with Gasteiger partial charge in [0.1, 0.15) is 0 Å². The maximum Gasteiger partial charge on any atom is 0.226 e. The molecule has 6 nitrogen and oxygen atoms in total. The molecule has 120 valence electrons. The lowest BCUT2D eigenvalue weighted by Gasteiger charge is -2.39. The molecule has 1 aliphatic heterocycles. The van der Waals surface area contributed by atoms with E-state index in [1.165, 1.54) is 0 Å². The third-order valence-electron chi connectivity index (χ3n) is 4.03. The first-order valence-corrected chi connectivity index (χ1v) is 7.40. The van der Waals surface area contributed by atoms with Gasteiger partial charge in [-0.2, -0.15) is 4.98 Å². The molecule has 2 rings (SSSR count). The van der Waals surface area contributed by atoms with Gasteiger partial charge in [-0.1, -0.05) is 12.1 Å². The summed E-state index contributed by atoms with van der Waals surface area (Å²) in [4.78, 5) is 18.4. The van der Waals surface area contributed by atoms with Gasteiger partial charge >= 0.3 is 0 Å². The van der Waals surface area contributed by atoms with Gasteiger partial charge in [-0.05, 0) is 32.1 Å². The molecule has 1 aromatic rings. The van der Waals surface area contributed by atoms with Crippen LogP contribution in [0.4, 0.5) is 0 Å². The molecule has 2 N–H and O–H groups in total. The van der Waals surface area contributed by atoms with Crippen molar-refractivity contribution in [2.75, 3.05) is 13.1 Å². The highest BCUT2D eigenvalue weighted by molar-refractivity contribution is 5.85. The van der Waals surface area contributed by atoms with Gasteiger partial charge < -0.3 is 15.2 Å². The Kier molecular flexibility index (Phi) is 7.11. The van der Waals surface area contributed by atoms with Gasteiger partial charge in [0.2, 0.25) is 11.8 Å². The second-order valence-corrected chi connectivity index (χ2v) is 5.60. The van der Waals surface area contributed by atoms with Crippen LogP contribution >= 0.6 is 12.4 Å². The van der Waals surface area contributed by atoms with Crippen LogP contribution in [0.15, 0.2) is 4.52 Å². The summed E-state index contributed by atoms with van der Waals surface area (Å²) < 4.78 is 5.04. The van der Waals surface area contributed by atoms with Gasteiger partial charge in [0.15, 0.2) is 5.82 Å². The van der Waals surface area contributed by atoms with E-state index in [1.54, 1.807) is 6.92 Å². The van der Waals surface area contributed by atoms with Crippen LogP contribution in [0.3, 0.4) is 0 Å². The Morgan fingerprint density at radius 3 is 2.90 bits per heavy atom. The Morgan fingerprint density at radius 2 is 2.29 bits per heavy atom. The van der Waals surface area contributed by atoms with Crippen molar-refractivity contribution in [1.29, 1.82) is 0 Å². The van der Waals surface area contributed by atoms with Crippen LogP contribution in [0.25, 0.3) is 0 Å². The number of piperidine rings is 1. The molecule has 0 spiro atoms. The zero-order chi connectivity index (χ0) is 14.5. The normalized spacial score (nSPS) is 22.0. The quantitative estimate of drug-likeness (QED) is 0.893. The molecule has 1 aliphatic rings. The van der Waals surface area contributed by atoms with Crippen molar-refractivity contribution in [1.82, 2.24) is 15.0 Å². The van der Waals surface area contributed by atoms with Crippen LogP contribution < -0.4 is 5.73 Å². The van der Waals surface area contributed by atoms with Crippen molar-refractivity contribution in [3.8, 4) is 0 Å². The Labute approximate surface area is 131 Å². The predicted molar refractivity (Wildman–Crippen MR) is 82.2 cm³/mol. The lowest BCUT2D eigenvalue weighted by atomic mass is 9.90. The Morgan fingerprint density at radius 1 is 1.52 bits per heavy atom. The van der Waals surface area contributed by atoms with E-state index in [1.807, 2.05) is 4.90 Å². The Bertz CT molecular complexity index is 452. The maximum atomic E-state index is 12.3. The molecule has 0 radical (unpaired) electrons. The number of likely N-dealkylation sites (tertiary alicyclic amines) is 1. The zero-order valence-corrected chi connectivity index (χ0v) is 13.6. The topological polar surface area (TPSA) is 85.2 Å². The van der Waals surface area contributed by atoms with Crippen molar-refractivity contribution >= 4 is 18.3 Å². The lowest BCUT2D eigenvalue weighted by Crippen LogP contribution is -2.51. The van der Waals surface area contributed by atoms with E-state index in [-0.39, 0.29) is 24.4 Å². The molecule has 1 saturated heterocycles. The molecule has 1 aromatic heterocycles. The largest absolute Gasteiger partial charge is 0.339 e. The number of halogens is 1. The van der Waals surface area contributed by atoms with E-state index in [4.69, 9.17) is 10.3 Å². The van der Waals surface area contributed by atoms with Crippen molar-refractivity contribution in [2.45, 2.75) is 52.0 Å². The van der Waals surface area contributed by atoms with Crippen LogP contribution in [0, 0.1) is 12.8 Å². The third kappa shape index (κ3) is 4.68. The number of carbonyl (C=O) groups is 1. The molecule has 2 atom stereocenters. The van der Waals surface area contributed by atoms with Crippen LogP contribution in [0.5, 0.6) is 0 Å². The molecule has 1 fully saturated rings. The molecule has 2 heterocycles. The summed E-state index contributed by atoms with van der Waals surface area (Å²) in [6, 6.07) is 0.196. The maximum absolute atomic E-state index is 12.3. The fourth-order valence-corrected chi connectivity index (χ4v) is 2.89. The fourth-order valence-electron chi connectivity index (χ4n) is 2.89. The third-order valence-corrected chi connectivity index (χ3v) is 4.03. The van der Waals surface area contributed by atoms with Gasteiger partial charge in [-0.25, -0.2) is 0 Å². The minimum absolute atomic E-state index is 0. The van der Waals surface area contributed by atoms with Crippen LogP contribution in [-0.2, 0) is 11.2 Å². The van der Waals surface area contributed by atoms with E-state index < -0.39 is 0 Å². The van der Waals surface area contributed by atoms with Crippen molar-refractivity contribution < 1.29 is 9.32 Å². The monoisotopic (exact) mass is 316 g/mol. The van der Waals surface area contributed by atoms with Crippen LogP contribution in [0.1, 0.15) is 44.3 Å². The predicted octanol–water partition coefficient (Wildman–Crippen LogP) is 1.71. The summed E-state index contributed by atoms with van der Waals surface area (Å²) in [5.74, 6) is 1.94. The van der Waals surface area contributed by atoms with Crippen molar-refractivity contribution in [3.63, 3.8) is 0 Å². The molecular formula is C14H25ClN4O2. The number of hydrogen-bond donors (Lipinski definition) is 1. The number of aromatic nitrogens is 2. The molecule has 2 unspecified atom stereocenters. The van der Waals surface area contributed by atoms with Gasteiger partial charge in [0.25, 0.3) is 0 Å². The summed E-state index contributed by atoms with van der Waals surface area (Å²) in [6.07, 6.45) is 4.15. The molecule has 21 heavy (non-hydrogen) atoms. The molecule has 7 heteroatoms. The molecule has 0 aromatic carbocycles. The number of amides is 1. The minimum atomic E-state index is 0. The number of nitrogens with two attached hydrogens (primary N) is 1. The number of nitrogens with zero attached hydrogens (tertiary/aromatic N) is 3. The van der Waals surface area contributed by atoms with Gasteiger partial charge in [0, 0.05) is 32.0 Å². The highest BCUT2D eigenvalue weighted by atomic mass is 35.5. The van der Waals surface area contributed by atoms with Gasteiger partial charge in [-0.3, -0.25) is 4.79 Å². The molecule has 0 bridgehead atoms. The van der Waals surface area contributed by atoms with E-state index in [2.05, 4.69) is 17.1 Å². The summed E-state index contributed by atoms with van der Waals surface area (Å²) >= 11 is 0. The number of rotatable bonds is 5. The highest BCUT2D eigenvalue weighted by Gasteiger charge is 2.30. The first-order chi connectivity index (χ1) is 9.61. The lowest BCUT2D eigenvalue weighted by molar-refractivity contribution is -0.136. The smallest absolute Gasteiger partial charge is 0.226 e. The highest BCUT2D eigenvalue weighted by Crippen LogP contribution is 2.23. The second kappa shape index (κ2) is 8.34. The van der Waals surface area contributed by atoms with E-state index >= 15 is 0 Å². The van der Waals surface area contributed by atoms with E-state index in [9.17, 15) is 4.79 Å². The number of aryl methyl sites for hydroxylation is 2.